The van der Waals surface area contributed by atoms with Gasteiger partial charge in [0.1, 0.15) is 0 Å². The van der Waals surface area contributed by atoms with E-state index < -0.39 is 6.10 Å². The lowest BCUT2D eigenvalue weighted by molar-refractivity contribution is 0.106. The van der Waals surface area contributed by atoms with Crippen molar-refractivity contribution in [2.24, 2.45) is 0 Å². The Balaban J connectivity index is 2.10. The molecule has 100 valence electrons. The van der Waals surface area contributed by atoms with Crippen molar-refractivity contribution in [2.45, 2.75) is 50.9 Å². The Morgan fingerprint density at radius 3 is 2.33 bits per heavy atom. The molecule has 0 spiro atoms. The number of aliphatic hydroxyl groups excluding tert-OH is 2. The molecule has 2 N–H and O–H groups in total. The van der Waals surface area contributed by atoms with E-state index in [9.17, 15) is 10.2 Å². The van der Waals surface area contributed by atoms with E-state index in [-0.39, 0.29) is 12.1 Å². The third kappa shape index (κ3) is 2.85. The van der Waals surface area contributed by atoms with Crippen LogP contribution in [0.15, 0.2) is 24.3 Å². The molecule has 0 saturated heterocycles. The summed E-state index contributed by atoms with van der Waals surface area (Å²) in [6.45, 7) is 1.77. The number of anilines is 1. The number of hydrogen-bond donors (Lipinski definition) is 2. The molecule has 0 radical (unpaired) electrons. The van der Waals surface area contributed by atoms with Gasteiger partial charge in [-0.05, 0) is 37.5 Å². The van der Waals surface area contributed by atoms with Gasteiger partial charge >= 0.3 is 0 Å². The van der Waals surface area contributed by atoms with Gasteiger partial charge in [-0.1, -0.05) is 25.0 Å². The molecule has 18 heavy (non-hydrogen) atoms. The Hall–Kier alpha value is -1.06. The first-order valence-electron chi connectivity index (χ1n) is 6.78. The molecule has 1 fully saturated rings. The third-order valence-electron chi connectivity index (χ3n) is 3.97. The Morgan fingerprint density at radius 2 is 1.78 bits per heavy atom. The van der Waals surface area contributed by atoms with E-state index in [1.807, 2.05) is 31.3 Å². The standard InChI is InChI=1S/C15H23NO2/c1-11(17)12-7-9-13(10-8-12)16(2)14-5-3-4-6-15(14)18/h7-11,14-15,17-18H,3-6H2,1-2H3/t11-,14?,15?/m0/s1. The van der Waals surface area contributed by atoms with E-state index in [1.165, 1.54) is 6.42 Å². The normalized spacial score (nSPS) is 25.8. The maximum absolute atomic E-state index is 10.1. The van der Waals surface area contributed by atoms with Crippen molar-refractivity contribution < 1.29 is 10.2 Å². The first-order valence-corrected chi connectivity index (χ1v) is 6.78. The molecular weight excluding hydrogens is 226 g/mol. The minimum Gasteiger partial charge on any atom is -0.391 e. The summed E-state index contributed by atoms with van der Waals surface area (Å²) in [5.41, 5.74) is 2.03. The predicted molar refractivity (Wildman–Crippen MR) is 73.7 cm³/mol. The van der Waals surface area contributed by atoms with Crippen LogP contribution in [0.5, 0.6) is 0 Å². The lowest BCUT2D eigenvalue weighted by Crippen LogP contribution is -2.43. The van der Waals surface area contributed by atoms with Crippen molar-refractivity contribution in [3.05, 3.63) is 29.8 Å². The zero-order valence-corrected chi connectivity index (χ0v) is 11.2. The first-order chi connectivity index (χ1) is 8.59. The highest BCUT2D eigenvalue weighted by atomic mass is 16.3. The molecule has 0 bridgehead atoms. The fourth-order valence-electron chi connectivity index (χ4n) is 2.72. The number of likely N-dealkylation sites (N-methyl/N-ethyl adjacent to an activating group) is 1. The van der Waals surface area contributed by atoms with Gasteiger partial charge in [-0.25, -0.2) is 0 Å². The summed E-state index contributed by atoms with van der Waals surface area (Å²) in [6, 6.07) is 8.15. The Kier molecular flexibility index (Phi) is 4.25. The van der Waals surface area contributed by atoms with Gasteiger partial charge in [0.25, 0.3) is 0 Å². The molecule has 2 rings (SSSR count). The summed E-state index contributed by atoms with van der Waals surface area (Å²) in [6.07, 6.45) is 3.63. The van der Waals surface area contributed by atoms with Crippen LogP contribution in [0.1, 0.15) is 44.3 Å². The van der Waals surface area contributed by atoms with E-state index in [4.69, 9.17) is 0 Å². The zero-order chi connectivity index (χ0) is 13.1. The SMILES string of the molecule is C[C@H](O)c1ccc(N(C)C2CCCCC2O)cc1. The van der Waals surface area contributed by atoms with Crippen LogP contribution in [0.4, 0.5) is 5.69 Å². The van der Waals surface area contributed by atoms with Gasteiger partial charge in [0, 0.05) is 12.7 Å². The van der Waals surface area contributed by atoms with Crippen molar-refractivity contribution in [1.29, 1.82) is 0 Å². The molecule has 1 aliphatic carbocycles. The van der Waals surface area contributed by atoms with E-state index in [1.54, 1.807) is 6.92 Å². The fourth-order valence-corrected chi connectivity index (χ4v) is 2.72. The number of nitrogens with zero attached hydrogens (tertiary/aromatic N) is 1. The largest absolute Gasteiger partial charge is 0.391 e. The van der Waals surface area contributed by atoms with Crippen LogP contribution in [0.3, 0.4) is 0 Å². The molecule has 2 unspecified atom stereocenters. The second-order valence-corrected chi connectivity index (χ2v) is 5.30. The summed E-state index contributed by atoms with van der Waals surface area (Å²) in [5, 5.41) is 19.6. The average molecular weight is 249 g/mol. The van der Waals surface area contributed by atoms with Crippen LogP contribution in [0.25, 0.3) is 0 Å². The van der Waals surface area contributed by atoms with E-state index in [2.05, 4.69) is 4.90 Å². The van der Waals surface area contributed by atoms with Crippen molar-refractivity contribution in [2.75, 3.05) is 11.9 Å². The lowest BCUT2D eigenvalue weighted by atomic mass is 9.91. The van der Waals surface area contributed by atoms with E-state index >= 15 is 0 Å². The maximum atomic E-state index is 10.1. The second-order valence-electron chi connectivity index (χ2n) is 5.30. The summed E-state index contributed by atoms with van der Waals surface area (Å²) < 4.78 is 0. The van der Waals surface area contributed by atoms with Crippen molar-refractivity contribution >= 4 is 5.69 Å². The highest BCUT2D eigenvalue weighted by Crippen LogP contribution is 2.27. The summed E-state index contributed by atoms with van der Waals surface area (Å²) >= 11 is 0. The topological polar surface area (TPSA) is 43.7 Å². The highest BCUT2D eigenvalue weighted by Gasteiger charge is 2.26. The van der Waals surface area contributed by atoms with Gasteiger partial charge in [0.05, 0.1) is 18.2 Å². The fraction of sp³-hybridized carbons (Fsp3) is 0.600. The minimum absolute atomic E-state index is 0.219. The molecule has 1 aliphatic rings. The number of rotatable bonds is 3. The smallest absolute Gasteiger partial charge is 0.0761 e. The van der Waals surface area contributed by atoms with Gasteiger partial charge in [0.15, 0.2) is 0 Å². The molecule has 3 atom stereocenters. The van der Waals surface area contributed by atoms with Gasteiger partial charge in [-0.15, -0.1) is 0 Å². The number of aliphatic hydroxyl groups is 2. The van der Waals surface area contributed by atoms with Crippen LogP contribution in [0, 0.1) is 0 Å². The number of hydrogen-bond acceptors (Lipinski definition) is 3. The Labute approximate surface area is 109 Å². The molecule has 1 aromatic carbocycles. The van der Waals surface area contributed by atoms with Crippen LogP contribution in [-0.4, -0.2) is 29.4 Å². The molecular formula is C15H23NO2. The Morgan fingerprint density at radius 1 is 1.17 bits per heavy atom. The Bertz CT molecular complexity index is 375. The molecule has 0 aromatic heterocycles. The van der Waals surface area contributed by atoms with Crippen molar-refractivity contribution in [3.8, 4) is 0 Å². The summed E-state index contributed by atoms with van der Waals surface area (Å²) in [5.74, 6) is 0. The minimum atomic E-state index is -0.426. The van der Waals surface area contributed by atoms with Crippen LogP contribution < -0.4 is 4.90 Å². The van der Waals surface area contributed by atoms with Crippen molar-refractivity contribution in [1.82, 2.24) is 0 Å². The van der Waals surface area contributed by atoms with Gasteiger partial charge < -0.3 is 15.1 Å². The molecule has 1 aromatic rings. The van der Waals surface area contributed by atoms with Gasteiger partial charge in [-0.2, -0.15) is 0 Å². The monoisotopic (exact) mass is 249 g/mol. The van der Waals surface area contributed by atoms with Gasteiger partial charge in [-0.3, -0.25) is 0 Å². The maximum Gasteiger partial charge on any atom is 0.0761 e. The zero-order valence-electron chi connectivity index (χ0n) is 11.2. The average Bonchev–Trinajstić information content (AvgIpc) is 2.38. The molecule has 0 aliphatic heterocycles. The molecule has 0 amide bonds. The molecule has 1 saturated carbocycles. The summed E-state index contributed by atoms with van der Waals surface area (Å²) in [4.78, 5) is 2.16. The first kappa shape index (κ1) is 13.4. The summed E-state index contributed by atoms with van der Waals surface area (Å²) in [7, 11) is 2.04. The predicted octanol–water partition coefficient (Wildman–Crippen LogP) is 2.48. The van der Waals surface area contributed by atoms with Crippen LogP contribution in [0.2, 0.25) is 0 Å². The molecule has 3 nitrogen and oxygen atoms in total. The number of benzene rings is 1. The molecule has 3 heteroatoms. The lowest BCUT2D eigenvalue weighted by Gasteiger charge is -2.36. The van der Waals surface area contributed by atoms with E-state index in [0.29, 0.717) is 0 Å². The van der Waals surface area contributed by atoms with E-state index in [0.717, 1.165) is 30.5 Å². The van der Waals surface area contributed by atoms with Crippen LogP contribution in [-0.2, 0) is 0 Å². The highest BCUT2D eigenvalue weighted by molar-refractivity contribution is 5.48. The second kappa shape index (κ2) is 5.72. The van der Waals surface area contributed by atoms with Gasteiger partial charge in [0.2, 0.25) is 0 Å². The quantitative estimate of drug-likeness (QED) is 0.865. The van der Waals surface area contributed by atoms with Crippen molar-refractivity contribution in [3.63, 3.8) is 0 Å². The molecule has 0 heterocycles. The van der Waals surface area contributed by atoms with Crippen LogP contribution >= 0.6 is 0 Å². The third-order valence-corrected chi connectivity index (χ3v) is 3.97.